The van der Waals surface area contributed by atoms with Crippen molar-refractivity contribution in [3.63, 3.8) is 0 Å². The minimum Gasteiger partial charge on any atom is -0.305 e. The Labute approximate surface area is 171 Å². The predicted octanol–water partition coefficient (Wildman–Crippen LogP) is 4.69. The van der Waals surface area contributed by atoms with Crippen molar-refractivity contribution in [1.82, 2.24) is 4.98 Å². The van der Waals surface area contributed by atoms with Crippen molar-refractivity contribution in [2.24, 2.45) is 0 Å². The van der Waals surface area contributed by atoms with Crippen molar-refractivity contribution < 1.29 is 28.9 Å². The maximum Gasteiger partial charge on any atom is 0.0408 e. The molecule has 2 unspecified atom stereocenters. The van der Waals surface area contributed by atoms with E-state index in [0.717, 1.165) is 34.9 Å². The van der Waals surface area contributed by atoms with Gasteiger partial charge in [0.25, 0.3) is 0 Å². The number of rotatable bonds is 3. The van der Waals surface area contributed by atoms with Crippen LogP contribution in [0.5, 0.6) is 0 Å². The molecule has 2 atom stereocenters. The molecule has 0 fully saturated rings. The molecule has 3 rings (SSSR count). The molecule has 0 spiro atoms. The van der Waals surface area contributed by atoms with Crippen LogP contribution in [-0.2, 0) is 20.1 Å². The summed E-state index contributed by atoms with van der Waals surface area (Å²) < 4.78 is 26.0. The normalized spacial score (nSPS) is 10.7. The van der Waals surface area contributed by atoms with Crippen LogP contribution in [0.3, 0.4) is 0 Å². The monoisotopic (exact) mass is 567 g/mol. The summed E-state index contributed by atoms with van der Waals surface area (Å²) >= 11 is 0. The minimum atomic E-state index is -0.645. The van der Waals surface area contributed by atoms with E-state index in [1.165, 1.54) is 10.6 Å². The zero-order valence-corrected chi connectivity index (χ0v) is 19.1. The predicted molar refractivity (Wildman–Crippen MR) is 107 cm³/mol. The van der Waals surface area contributed by atoms with Crippen molar-refractivity contribution in [3.8, 4) is 11.3 Å². The van der Waals surface area contributed by atoms with Crippen LogP contribution < -0.4 is 10.6 Å². The molecular formula is C20H20F2IrNP2-. The molecule has 6 heteroatoms. The molecule has 2 aromatic carbocycles. The van der Waals surface area contributed by atoms with Crippen LogP contribution in [0, 0.1) is 24.6 Å². The fourth-order valence-electron chi connectivity index (χ4n) is 2.23. The van der Waals surface area contributed by atoms with Gasteiger partial charge in [0.2, 0.25) is 0 Å². The van der Waals surface area contributed by atoms with E-state index in [2.05, 4.69) is 48.6 Å². The molecule has 0 bridgehead atoms. The van der Waals surface area contributed by atoms with E-state index < -0.39 is 11.6 Å². The molecule has 26 heavy (non-hydrogen) atoms. The van der Waals surface area contributed by atoms with Gasteiger partial charge >= 0.3 is 0 Å². The first-order valence-electron chi connectivity index (χ1n) is 7.79. The summed E-state index contributed by atoms with van der Waals surface area (Å²) in [6.07, 6.45) is 1.58. The van der Waals surface area contributed by atoms with Crippen LogP contribution in [0.4, 0.5) is 8.78 Å². The number of hydrogen-bond donors (Lipinski definition) is 0. The van der Waals surface area contributed by atoms with E-state index in [9.17, 15) is 8.78 Å². The number of nitrogens with zero attached hydrogens (tertiary/aromatic N) is 1. The molecule has 0 saturated carbocycles. The van der Waals surface area contributed by atoms with Gasteiger partial charge in [0, 0.05) is 37.9 Å². The molecule has 0 aliphatic rings. The molecule has 0 aliphatic heterocycles. The Balaban J connectivity index is 0.000000270. The summed E-state index contributed by atoms with van der Waals surface area (Å²) in [5.74, 6) is -1.28. The quantitative estimate of drug-likeness (QED) is 0.332. The fourth-order valence-corrected chi connectivity index (χ4v) is 4.21. The first-order chi connectivity index (χ1) is 12.0. The van der Waals surface area contributed by atoms with E-state index >= 15 is 0 Å². The molecule has 1 nitrogen and oxygen atoms in total. The molecule has 3 aromatic rings. The maximum atomic E-state index is 13.4. The molecule has 1 heterocycles. The maximum absolute atomic E-state index is 13.4. The molecule has 139 valence electrons. The Morgan fingerprint density at radius 3 is 2.08 bits per heavy atom. The van der Waals surface area contributed by atoms with Gasteiger partial charge in [0.05, 0.1) is 0 Å². The number of halogens is 2. The number of aryl methyl sites for hydroxylation is 1. The topological polar surface area (TPSA) is 12.9 Å². The zero-order valence-electron chi connectivity index (χ0n) is 14.7. The van der Waals surface area contributed by atoms with Crippen molar-refractivity contribution in [2.75, 3.05) is 13.3 Å². The Morgan fingerprint density at radius 1 is 0.962 bits per heavy atom. The van der Waals surface area contributed by atoms with Gasteiger partial charge in [-0.25, -0.2) is 0 Å². The minimum absolute atomic E-state index is 0. The van der Waals surface area contributed by atoms with E-state index in [1.54, 1.807) is 12.3 Å². The SMILES string of the molecule is CPc1ccccc1PC.Cc1ccnc(-c2[c-]cc(F)cc2F)c1.[Ir]. The first kappa shape index (κ1) is 23.0. The fraction of sp³-hybridized carbons (Fsp3) is 0.150. The first-order valence-corrected chi connectivity index (χ1v) is 10.8. The van der Waals surface area contributed by atoms with Gasteiger partial charge in [0.15, 0.2) is 0 Å². The average Bonchev–Trinajstić information content (AvgIpc) is 2.62. The Bertz CT molecular complexity index is 821. The third-order valence-electron chi connectivity index (χ3n) is 3.50. The second-order valence-electron chi connectivity index (χ2n) is 5.30. The summed E-state index contributed by atoms with van der Waals surface area (Å²) in [4.78, 5) is 4.01. The van der Waals surface area contributed by atoms with Crippen molar-refractivity contribution >= 4 is 27.8 Å². The van der Waals surface area contributed by atoms with Gasteiger partial charge in [-0.15, -0.1) is 12.1 Å². The van der Waals surface area contributed by atoms with E-state index in [0.29, 0.717) is 5.69 Å². The Hall–Kier alpha value is -1.04. The molecule has 0 N–H and O–H groups in total. The summed E-state index contributed by atoms with van der Waals surface area (Å²) in [6.45, 7) is 6.35. The van der Waals surface area contributed by atoms with Gasteiger partial charge in [-0.05, 0) is 42.6 Å². The van der Waals surface area contributed by atoms with E-state index in [4.69, 9.17) is 0 Å². The van der Waals surface area contributed by atoms with Crippen LogP contribution >= 0.6 is 17.2 Å². The van der Waals surface area contributed by atoms with Crippen molar-refractivity contribution in [3.05, 3.63) is 78.0 Å². The molecule has 0 amide bonds. The number of benzene rings is 2. The average molecular weight is 567 g/mol. The van der Waals surface area contributed by atoms with E-state index in [1.807, 2.05) is 13.0 Å². The summed E-state index contributed by atoms with van der Waals surface area (Å²) in [5.41, 5.74) is 1.63. The zero-order chi connectivity index (χ0) is 18.2. The van der Waals surface area contributed by atoms with Gasteiger partial charge in [0.1, 0.15) is 0 Å². The van der Waals surface area contributed by atoms with Crippen molar-refractivity contribution in [2.45, 2.75) is 6.92 Å². The van der Waals surface area contributed by atoms with Crippen molar-refractivity contribution in [1.29, 1.82) is 0 Å². The van der Waals surface area contributed by atoms with Gasteiger partial charge in [-0.1, -0.05) is 64.7 Å². The van der Waals surface area contributed by atoms with Crippen LogP contribution in [0.1, 0.15) is 5.56 Å². The number of hydrogen-bond acceptors (Lipinski definition) is 1. The van der Waals surface area contributed by atoms with Gasteiger partial charge in [-0.3, -0.25) is 8.78 Å². The Morgan fingerprint density at radius 2 is 1.58 bits per heavy atom. The van der Waals surface area contributed by atoms with Gasteiger partial charge in [-0.2, -0.15) is 0 Å². The van der Waals surface area contributed by atoms with Crippen LogP contribution in [0.25, 0.3) is 11.3 Å². The number of aromatic nitrogens is 1. The smallest absolute Gasteiger partial charge is 0.0408 e. The Kier molecular flexibility index (Phi) is 10.3. The van der Waals surface area contributed by atoms with E-state index in [-0.39, 0.29) is 25.7 Å². The summed E-state index contributed by atoms with van der Waals surface area (Å²) in [6, 6.07) is 16.7. The van der Waals surface area contributed by atoms with Crippen LogP contribution in [0.2, 0.25) is 0 Å². The van der Waals surface area contributed by atoms with Crippen LogP contribution in [-0.4, -0.2) is 18.3 Å². The third kappa shape index (κ3) is 6.60. The largest absolute Gasteiger partial charge is 0.305 e. The molecular weight excluding hydrogens is 546 g/mol. The number of pyridine rings is 1. The molecule has 1 radical (unpaired) electrons. The molecule has 0 aliphatic carbocycles. The summed E-state index contributed by atoms with van der Waals surface area (Å²) in [5, 5.41) is 3.06. The van der Waals surface area contributed by atoms with Crippen LogP contribution in [0.15, 0.2) is 54.7 Å². The second kappa shape index (κ2) is 11.6. The van der Waals surface area contributed by atoms with Gasteiger partial charge < -0.3 is 4.98 Å². The second-order valence-corrected chi connectivity index (χ2v) is 7.38. The standard InChI is InChI=1S/C12H8F2N.C8H12P2.Ir/c1-8-4-5-15-12(6-8)10-3-2-9(13)7-11(10)14;1-9-7-5-3-4-6-8(7)10-2;/h2,4-7H,1H3;3-6,9-10H,1-2H3;/q-1;;. The third-order valence-corrected chi connectivity index (χ3v) is 5.69. The summed E-state index contributed by atoms with van der Waals surface area (Å²) in [7, 11) is 1.89. The molecule has 0 saturated heterocycles. The molecule has 1 aromatic heterocycles.